The first-order valence-corrected chi connectivity index (χ1v) is 6.76. The zero-order chi connectivity index (χ0) is 14.3. The van der Waals surface area contributed by atoms with E-state index < -0.39 is 5.60 Å². The third-order valence-electron chi connectivity index (χ3n) is 2.79. The standard InChI is InChI=1S/C13H26N2O4/c1-13(2,3)19-12(16)15-7-5-11(6-8-15)14-18-10-9-17-4/h11,14H,5-10H2,1-4H3. The highest BCUT2D eigenvalue weighted by molar-refractivity contribution is 5.68. The summed E-state index contributed by atoms with van der Waals surface area (Å²) in [6.07, 6.45) is 1.50. The van der Waals surface area contributed by atoms with Crippen molar-refractivity contribution in [2.75, 3.05) is 33.4 Å². The van der Waals surface area contributed by atoms with Crippen molar-refractivity contribution in [2.24, 2.45) is 0 Å². The molecule has 1 saturated heterocycles. The Bertz CT molecular complexity index is 270. The summed E-state index contributed by atoms with van der Waals surface area (Å²) in [5.41, 5.74) is 2.57. The van der Waals surface area contributed by atoms with E-state index in [-0.39, 0.29) is 12.1 Å². The summed E-state index contributed by atoms with van der Waals surface area (Å²) in [7, 11) is 1.64. The molecule has 1 heterocycles. The first kappa shape index (κ1) is 16.2. The molecule has 0 aliphatic carbocycles. The number of hydroxylamine groups is 1. The molecule has 0 bridgehead atoms. The third kappa shape index (κ3) is 6.75. The van der Waals surface area contributed by atoms with Gasteiger partial charge in [-0.05, 0) is 33.6 Å². The van der Waals surface area contributed by atoms with Gasteiger partial charge in [-0.1, -0.05) is 0 Å². The van der Waals surface area contributed by atoms with Crippen molar-refractivity contribution in [3.8, 4) is 0 Å². The van der Waals surface area contributed by atoms with E-state index in [1.54, 1.807) is 12.0 Å². The van der Waals surface area contributed by atoms with E-state index >= 15 is 0 Å². The van der Waals surface area contributed by atoms with Gasteiger partial charge in [0.05, 0.1) is 13.2 Å². The Morgan fingerprint density at radius 2 is 1.89 bits per heavy atom. The van der Waals surface area contributed by atoms with Crippen LogP contribution in [0.2, 0.25) is 0 Å². The first-order chi connectivity index (χ1) is 8.92. The van der Waals surface area contributed by atoms with E-state index in [4.69, 9.17) is 14.3 Å². The molecule has 1 amide bonds. The molecule has 0 spiro atoms. The second-order valence-electron chi connectivity index (χ2n) is 5.70. The summed E-state index contributed by atoms with van der Waals surface area (Å²) in [6, 6.07) is 0.288. The highest BCUT2D eigenvalue weighted by Gasteiger charge is 2.26. The number of hydrogen-bond acceptors (Lipinski definition) is 5. The van der Waals surface area contributed by atoms with Gasteiger partial charge in [0.15, 0.2) is 0 Å². The van der Waals surface area contributed by atoms with Crippen molar-refractivity contribution in [3.05, 3.63) is 0 Å². The van der Waals surface area contributed by atoms with Crippen LogP contribution in [0.1, 0.15) is 33.6 Å². The van der Waals surface area contributed by atoms with E-state index in [0.717, 1.165) is 12.8 Å². The Kier molecular flexibility index (Phi) is 6.54. The van der Waals surface area contributed by atoms with Crippen LogP contribution in [0.15, 0.2) is 0 Å². The Morgan fingerprint density at radius 1 is 1.26 bits per heavy atom. The molecule has 19 heavy (non-hydrogen) atoms. The second-order valence-corrected chi connectivity index (χ2v) is 5.70. The quantitative estimate of drug-likeness (QED) is 0.609. The third-order valence-corrected chi connectivity index (χ3v) is 2.79. The maximum Gasteiger partial charge on any atom is 0.410 e. The van der Waals surface area contributed by atoms with Gasteiger partial charge in [0.1, 0.15) is 5.60 Å². The van der Waals surface area contributed by atoms with Crippen LogP contribution >= 0.6 is 0 Å². The molecule has 0 aromatic rings. The lowest BCUT2D eigenvalue weighted by atomic mass is 10.1. The van der Waals surface area contributed by atoms with Crippen molar-refractivity contribution in [3.63, 3.8) is 0 Å². The number of piperidine rings is 1. The van der Waals surface area contributed by atoms with Gasteiger partial charge in [-0.2, -0.15) is 5.48 Å². The average Bonchev–Trinajstić information content (AvgIpc) is 2.33. The van der Waals surface area contributed by atoms with Gasteiger partial charge in [-0.25, -0.2) is 4.79 Å². The van der Waals surface area contributed by atoms with Crippen LogP contribution in [0.4, 0.5) is 4.79 Å². The van der Waals surface area contributed by atoms with Crippen LogP contribution in [0.3, 0.4) is 0 Å². The number of likely N-dealkylation sites (tertiary alicyclic amines) is 1. The van der Waals surface area contributed by atoms with Crippen LogP contribution in [-0.2, 0) is 14.3 Å². The minimum Gasteiger partial charge on any atom is -0.444 e. The lowest BCUT2D eigenvalue weighted by molar-refractivity contribution is -0.0270. The molecule has 1 N–H and O–H groups in total. The molecule has 1 rings (SSSR count). The number of nitrogens with zero attached hydrogens (tertiary/aromatic N) is 1. The van der Waals surface area contributed by atoms with Gasteiger partial charge in [0.25, 0.3) is 0 Å². The number of carbonyl (C=O) groups is 1. The van der Waals surface area contributed by atoms with Gasteiger partial charge in [0, 0.05) is 26.2 Å². The zero-order valence-electron chi connectivity index (χ0n) is 12.4. The van der Waals surface area contributed by atoms with Gasteiger partial charge in [-0.15, -0.1) is 0 Å². The van der Waals surface area contributed by atoms with E-state index in [9.17, 15) is 4.79 Å². The van der Waals surface area contributed by atoms with Crippen molar-refractivity contribution in [2.45, 2.75) is 45.3 Å². The van der Waals surface area contributed by atoms with Gasteiger partial charge < -0.3 is 14.4 Å². The van der Waals surface area contributed by atoms with Crippen molar-refractivity contribution < 1.29 is 19.1 Å². The molecule has 0 aromatic carbocycles. The molecule has 0 saturated carbocycles. The first-order valence-electron chi connectivity index (χ1n) is 6.76. The molecule has 0 radical (unpaired) electrons. The van der Waals surface area contributed by atoms with Crippen LogP contribution < -0.4 is 5.48 Å². The summed E-state index contributed by atoms with van der Waals surface area (Å²) in [4.78, 5) is 18.9. The maximum absolute atomic E-state index is 11.9. The summed E-state index contributed by atoms with van der Waals surface area (Å²) >= 11 is 0. The predicted octanol–water partition coefficient (Wildman–Crippen LogP) is 1.55. The van der Waals surface area contributed by atoms with E-state index in [1.807, 2.05) is 20.8 Å². The molecular weight excluding hydrogens is 248 g/mol. The van der Waals surface area contributed by atoms with Crippen molar-refractivity contribution in [1.29, 1.82) is 0 Å². The predicted molar refractivity (Wildman–Crippen MR) is 71.8 cm³/mol. The fourth-order valence-corrected chi connectivity index (χ4v) is 1.81. The Balaban J connectivity index is 2.19. The van der Waals surface area contributed by atoms with Crippen molar-refractivity contribution >= 4 is 6.09 Å². The summed E-state index contributed by atoms with van der Waals surface area (Å²) in [5.74, 6) is 0. The molecule has 1 aliphatic heterocycles. The Hall–Kier alpha value is -0.850. The van der Waals surface area contributed by atoms with E-state index in [1.165, 1.54) is 0 Å². The number of hydrogen-bond donors (Lipinski definition) is 1. The molecule has 6 heteroatoms. The maximum atomic E-state index is 11.9. The number of carbonyl (C=O) groups excluding carboxylic acids is 1. The molecule has 1 fully saturated rings. The normalized spacial score (nSPS) is 17.6. The molecule has 1 aliphatic rings. The topological polar surface area (TPSA) is 60.0 Å². The van der Waals surface area contributed by atoms with E-state index in [0.29, 0.717) is 26.3 Å². The zero-order valence-corrected chi connectivity index (χ0v) is 12.4. The number of amides is 1. The van der Waals surface area contributed by atoms with Crippen LogP contribution in [0.25, 0.3) is 0 Å². The van der Waals surface area contributed by atoms with Gasteiger partial charge in [-0.3, -0.25) is 4.84 Å². The minimum atomic E-state index is -0.435. The van der Waals surface area contributed by atoms with Crippen LogP contribution in [0, 0.1) is 0 Å². The smallest absolute Gasteiger partial charge is 0.410 e. The van der Waals surface area contributed by atoms with E-state index in [2.05, 4.69) is 5.48 Å². The summed E-state index contributed by atoms with van der Waals surface area (Å²) < 4.78 is 10.2. The highest BCUT2D eigenvalue weighted by atomic mass is 16.7. The molecule has 6 nitrogen and oxygen atoms in total. The van der Waals surface area contributed by atoms with Gasteiger partial charge in [0.2, 0.25) is 0 Å². The highest BCUT2D eigenvalue weighted by Crippen LogP contribution is 2.15. The Morgan fingerprint density at radius 3 is 2.42 bits per heavy atom. The minimum absolute atomic E-state index is 0.230. The number of rotatable bonds is 5. The second kappa shape index (κ2) is 7.67. The van der Waals surface area contributed by atoms with Gasteiger partial charge >= 0.3 is 6.09 Å². The number of methoxy groups -OCH3 is 1. The average molecular weight is 274 g/mol. The Labute approximate surface area is 115 Å². The van der Waals surface area contributed by atoms with Crippen LogP contribution in [-0.4, -0.2) is 56.0 Å². The van der Waals surface area contributed by atoms with Crippen LogP contribution in [0.5, 0.6) is 0 Å². The number of nitrogens with one attached hydrogen (secondary N) is 1. The SMILES string of the molecule is COCCONC1CCN(C(=O)OC(C)(C)C)CC1. The lowest BCUT2D eigenvalue weighted by Gasteiger charge is -2.33. The molecule has 0 unspecified atom stereocenters. The summed E-state index contributed by atoms with van der Waals surface area (Å²) in [6.45, 7) is 8.13. The largest absolute Gasteiger partial charge is 0.444 e. The number of ether oxygens (including phenoxy) is 2. The molecule has 0 atom stereocenters. The fraction of sp³-hybridized carbons (Fsp3) is 0.923. The van der Waals surface area contributed by atoms with Crippen molar-refractivity contribution in [1.82, 2.24) is 10.4 Å². The monoisotopic (exact) mass is 274 g/mol. The molecule has 112 valence electrons. The lowest BCUT2D eigenvalue weighted by Crippen LogP contribution is -2.46. The molecular formula is C13H26N2O4. The summed E-state index contributed by atoms with van der Waals surface area (Å²) in [5, 5.41) is 0. The molecule has 0 aromatic heterocycles. The fourth-order valence-electron chi connectivity index (χ4n) is 1.81.